The number of carbonyl (C=O) groups is 2. The van der Waals surface area contributed by atoms with Crippen LogP contribution in [0.1, 0.15) is 65.8 Å². The van der Waals surface area contributed by atoms with Crippen LogP contribution in [-0.4, -0.2) is 36.7 Å². The predicted octanol–water partition coefficient (Wildman–Crippen LogP) is 3.91. The van der Waals surface area contributed by atoms with Gasteiger partial charge in [0, 0.05) is 30.1 Å². The second kappa shape index (κ2) is 7.25. The first kappa shape index (κ1) is 20.6. The molecular weight excluding hydrogens is 383 g/mol. The number of amides is 2. The van der Waals surface area contributed by atoms with Gasteiger partial charge < -0.3 is 15.4 Å². The van der Waals surface area contributed by atoms with Crippen LogP contribution in [-0.2, 0) is 0 Å². The first-order valence-electron chi connectivity index (χ1n) is 10.6. The quantitative estimate of drug-likeness (QED) is 0.721. The molecule has 6 heteroatoms. The van der Waals surface area contributed by atoms with Gasteiger partial charge >= 0.3 is 0 Å². The molecule has 4 rings (SSSR count). The fourth-order valence-electron chi connectivity index (χ4n) is 5.35. The van der Waals surface area contributed by atoms with Gasteiger partial charge in [0.25, 0.3) is 11.8 Å². The van der Waals surface area contributed by atoms with Crippen molar-refractivity contribution in [1.82, 2.24) is 10.6 Å². The number of hydrogen-bond acceptors (Lipinski definition) is 3. The largest absolute Gasteiger partial charge is 0.489 e. The number of ether oxygens (including phenoxy) is 1. The number of hydrogen-bond donors (Lipinski definition) is 2. The topological polar surface area (TPSA) is 67.4 Å². The number of rotatable bonds is 5. The minimum Gasteiger partial charge on any atom is -0.489 e. The third-order valence-corrected chi connectivity index (χ3v) is 6.84. The summed E-state index contributed by atoms with van der Waals surface area (Å²) in [6.07, 6.45) is 4.56. The third-order valence-electron chi connectivity index (χ3n) is 6.84. The van der Waals surface area contributed by atoms with Crippen LogP contribution in [0.15, 0.2) is 36.4 Å². The molecule has 2 fully saturated rings. The maximum absolute atomic E-state index is 14.1. The van der Waals surface area contributed by atoms with Gasteiger partial charge in [0.05, 0.1) is 5.56 Å². The van der Waals surface area contributed by atoms with Crippen molar-refractivity contribution in [3.63, 3.8) is 0 Å². The number of allylic oxidation sites excluding steroid dienone is 2. The summed E-state index contributed by atoms with van der Waals surface area (Å²) in [5.74, 6) is 0.298. The van der Waals surface area contributed by atoms with Gasteiger partial charge in [-0.15, -0.1) is 0 Å². The van der Waals surface area contributed by atoms with Crippen LogP contribution in [0, 0.1) is 11.8 Å². The van der Waals surface area contributed by atoms with Gasteiger partial charge in [0.1, 0.15) is 17.5 Å². The van der Waals surface area contributed by atoms with Gasteiger partial charge in [-0.1, -0.05) is 18.7 Å². The third kappa shape index (κ3) is 3.32. The molecule has 1 heterocycles. The molecule has 2 amide bonds. The summed E-state index contributed by atoms with van der Waals surface area (Å²) in [4.78, 5) is 25.6. The minimum atomic E-state index is -1.12. The molecule has 0 spiro atoms. The van der Waals surface area contributed by atoms with Crippen molar-refractivity contribution in [3.05, 3.63) is 53.1 Å². The molecule has 2 N–H and O–H groups in total. The zero-order valence-corrected chi connectivity index (χ0v) is 17.9. The molecule has 3 aliphatic rings. The molecule has 2 aliphatic carbocycles. The molecule has 2 unspecified atom stereocenters. The zero-order chi connectivity index (χ0) is 21.8. The molecule has 1 aromatic rings. The smallest absolute Gasteiger partial charge is 0.254 e. The molecule has 0 radical (unpaired) electrons. The Balaban J connectivity index is 1.66. The molecule has 1 aromatic carbocycles. The lowest BCUT2D eigenvalue weighted by atomic mass is 9.86. The van der Waals surface area contributed by atoms with E-state index in [1.807, 2.05) is 26.0 Å². The van der Waals surface area contributed by atoms with E-state index in [0.717, 1.165) is 11.1 Å². The summed E-state index contributed by atoms with van der Waals surface area (Å²) in [5, 5.41) is 5.69. The number of halogens is 1. The Bertz CT molecular complexity index is 938. The summed E-state index contributed by atoms with van der Waals surface area (Å²) in [5.41, 5.74) is 1.45. The van der Waals surface area contributed by atoms with Gasteiger partial charge in [0.15, 0.2) is 0 Å². The van der Waals surface area contributed by atoms with Crippen molar-refractivity contribution in [2.45, 2.75) is 57.3 Å². The van der Waals surface area contributed by atoms with E-state index < -0.39 is 5.67 Å². The van der Waals surface area contributed by atoms with Crippen molar-refractivity contribution in [1.29, 1.82) is 0 Å². The monoisotopic (exact) mass is 412 g/mol. The number of alkyl halides is 1. The summed E-state index contributed by atoms with van der Waals surface area (Å²) in [6.45, 7) is 9.41. The highest BCUT2D eigenvalue weighted by Crippen LogP contribution is 2.57. The average molecular weight is 413 g/mol. The molecule has 30 heavy (non-hydrogen) atoms. The van der Waals surface area contributed by atoms with Crippen LogP contribution in [0.2, 0.25) is 0 Å². The van der Waals surface area contributed by atoms with Gasteiger partial charge in [0.2, 0.25) is 0 Å². The Kier molecular flexibility index (Phi) is 4.99. The fraction of sp³-hybridized carbons (Fsp3) is 0.500. The van der Waals surface area contributed by atoms with Crippen LogP contribution in [0.4, 0.5) is 4.39 Å². The van der Waals surface area contributed by atoms with Crippen LogP contribution in [0.25, 0.3) is 0 Å². The van der Waals surface area contributed by atoms with Crippen molar-refractivity contribution >= 4 is 11.8 Å². The van der Waals surface area contributed by atoms with Gasteiger partial charge in [-0.05, 0) is 63.2 Å². The van der Waals surface area contributed by atoms with Gasteiger partial charge in [-0.2, -0.15) is 0 Å². The van der Waals surface area contributed by atoms with E-state index in [2.05, 4.69) is 17.2 Å². The average Bonchev–Trinajstić information content (AvgIpc) is 3.03. The normalized spacial score (nSPS) is 33.9. The first-order chi connectivity index (χ1) is 14.2. The van der Waals surface area contributed by atoms with Gasteiger partial charge in [-0.3, -0.25) is 9.59 Å². The van der Waals surface area contributed by atoms with Crippen LogP contribution in [0.3, 0.4) is 0 Å². The van der Waals surface area contributed by atoms with E-state index in [9.17, 15) is 14.0 Å². The number of nitrogens with one attached hydrogen (secondary N) is 2. The lowest BCUT2D eigenvalue weighted by Crippen LogP contribution is -2.32. The lowest BCUT2D eigenvalue weighted by molar-refractivity contribution is 0.0935. The number of fused-ring (bicyclic) bond motifs is 2. The molecule has 1 aliphatic heterocycles. The van der Waals surface area contributed by atoms with Gasteiger partial charge in [-0.25, -0.2) is 4.39 Å². The van der Waals surface area contributed by atoms with Crippen molar-refractivity contribution in [2.75, 3.05) is 7.05 Å². The van der Waals surface area contributed by atoms with E-state index in [1.54, 1.807) is 26.1 Å². The second-order valence-electron chi connectivity index (χ2n) is 8.96. The number of benzene rings is 1. The maximum atomic E-state index is 14.1. The highest BCUT2D eigenvalue weighted by atomic mass is 19.1. The van der Waals surface area contributed by atoms with Crippen molar-refractivity contribution in [3.8, 4) is 5.75 Å². The molecule has 2 saturated carbocycles. The van der Waals surface area contributed by atoms with Crippen LogP contribution < -0.4 is 15.4 Å². The van der Waals surface area contributed by atoms with Crippen molar-refractivity contribution in [2.24, 2.45) is 11.8 Å². The predicted molar refractivity (Wildman–Crippen MR) is 114 cm³/mol. The first-order valence-corrected chi connectivity index (χ1v) is 10.6. The fourth-order valence-corrected chi connectivity index (χ4v) is 5.35. The van der Waals surface area contributed by atoms with Crippen LogP contribution in [0.5, 0.6) is 5.75 Å². The zero-order valence-electron chi connectivity index (χ0n) is 17.9. The number of carbonyl (C=O) groups excluding carboxylic acids is 2. The van der Waals surface area contributed by atoms with Crippen molar-refractivity contribution < 1.29 is 18.7 Å². The Labute approximate surface area is 176 Å². The summed E-state index contributed by atoms with van der Waals surface area (Å²) >= 11 is 0. The van der Waals surface area contributed by atoms with E-state index in [4.69, 9.17) is 4.74 Å². The molecule has 6 atom stereocenters. The van der Waals surface area contributed by atoms with E-state index in [1.165, 1.54) is 0 Å². The Morgan fingerprint density at radius 3 is 2.50 bits per heavy atom. The molecule has 0 bridgehead atoms. The Morgan fingerprint density at radius 2 is 1.93 bits per heavy atom. The standard InChI is InChI=1S/C24H29FN2O3/c1-6-13(7-2)19-12(3)30-21-15(19)8-14(9-16(21)23(29)26-5)22(28)27-20-17-10-24(4,25)11-18(17)20/h6-9,12,17-20H,1,10-11H2,2-5H3,(H,26,29)(H,27,28)/b13-7+/t12-,17-,18+,19+,20?,24?/m1/s1. The summed E-state index contributed by atoms with van der Waals surface area (Å²) in [6, 6.07) is 3.42. The highest BCUT2D eigenvalue weighted by molar-refractivity contribution is 6.02. The lowest BCUT2D eigenvalue weighted by Gasteiger charge is -2.18. The summed E-state index contributed by atoms with van der Waals surface area (Å²) in [7, 11) is 1.55. The van der Waals surface area contributed by atoms with E-state index in [-0.39, 0.29) is 41.7 Å². The molecule has 5 nitrogen and oxygen atoms in total. The molecule has 160 valence electrons. The Morgan fingerprint density at radius 1 is 1.27 bits per heavy atom. The molecular formula is C24H29FN2O3. The van der Waals surface area contributed by atoms with E-state index in [0.29, 0.717) is 29.7 Å². The summed E-state index contributed by atoms with van der Waals surface area (Å²) < 4.78 is 20.1. The van der Waals surface area contributed by atoms with Crippen LogP contribution >= 0.6 is 0 Å². The second-order valence-corrected chi connectivity index (χ2v) is 8.96. The molecule has 0 aromatic heterocycles. The Hall–Kier alpha value is -2.63. The minimum absolute atomic E-state index is 0.0169. The van der Waals surface area contributed by atoms with E-state index >= 15 is 0 Å². The highest BCUT2D eigenvalue weighted by Gasteiger charge is 2.61. The maximum Gasteiger partial charge on any atom is 0.254 e. The molecule has 0 saturated heterocycles. The SMILES string of the molecule is C=C/C(=C\C)[C@H]1c2cc(C(=O)NC3[C@H]4CC(C)(F)C[C@@H]34)cc(C(=O)NC)c2O[C@@H]1C.